The van der Waals surface area contributed by atoms with Gasteiger partial charge in [-0.15, -0.1) is 11.3 Å². The van der Waals surface area contributed by atoms with E-state index in [1.54, 1.807) is 0 Å². The first kappa shape index (κ1) is 21.2. The summed E-state index contributed by atoms with van der Waals surface area (Å²) in [6.45, 7) is 2.32. The molecule has 0 aromatic carbocycles. The van der Waals surface area contributed by atoms with Crippen molar-refractivity contribution in [2.75, 3.05) is 5.75 Å². The SMILES string of the molecule is CC1CCc2c(sc3nc(C4CC4)nc(SCC(=O)NNC(=O)C4CCCCC4)c23)C1. The lowest BCUT2D eigenvalue weighted by atomic mass is 9.89. The highest BCUT2D eigenvalue weighted by molar-refractivity contribution is 8.00. The molecule has 31 heavy (non-hydrogen) atoms. The van der Waals surface area contributed by atoms with Gasteiger partial charge in [-0.25, -0.2) is 9.97 Å². The molecule has 2 N–H and O–H groups in total. The van der Waals surface area contributed by atoms with Crippen LogP contribution in [-0.2, 0) is 22.4 Å². The molecule has 1 atom stereocenters. The number of thiophene rings is 1. The summed E-state index contributed by atoms with van der Waals surface area (Å²) < 4.78 is 0. The van der Waals surface area contributed by atoms with Gasteiger partial charge in [0.25, 0.3) is 0 Å². The standard InChI is InChI=1S/C23H30N4O2S2/c1-13-7-10-16-17(11-13)31-23-19(16)22(24-20(25-23)14-8-9-14)30-12-18(28)26-27-21(29)15-5-3-2-4-6-15/h13-15H,2-12H2,1H3,(H,26,28)(H,27,29). The van der Waals surface area contributed by atoms with Crippen LogP contribution in [-0.4, -0.2) is 27.5 Å². The van der Waals surface area contributed by atoms with Crippen LogP contribution in [0.5, 0.6) is 0 Å². The molecule has 3 aliphatic rings. The molecule has 2 heterocycles. The maximum Gasteiger partial charge on any atom is 0.248 e. The van der Waals surface area contributed by atoms with E-state index in [1.807, 2.05) is 11.3 Å². The Morgan fingerprint density at radius 3 is 2.65 bits per heavy atom. The first-order valence-electron chi connectivity index (χ1n) is 11.6. The van der Waals surface area contributed by atoms with Gasteiger partial charge in [0.15, 0.2) is 0 Å². The number of aromatic nitrogens is 2. The summed E-state index contributed by atoms with van der Waals surface area (Å²) in [5.74, 6) is 2.15. The third-order valence-electron chi connectivity index (χ3n) is 6.72. The van der Waals surface area contributed by atoms with E-state index < -0.39 is 0 Å². The van der Waals surface area contributed by atoms with Gasteiger partial charge >= 0.3 is 0 Å². The minimum Gasteiger partial charge on any atom is -0.273 e. The van der Waals surface area contributed by atoms with E-state index in [0.29, 0.717) is 11.8 Å². The molecule has 2 amide bonds. The zero-order valence-electron chi connectivity index (χ0n) is 18.0. The number of nitrogens with zero attached hydrogens (tertiary/aromatic N) is 2. The number of hydrogen-bond acceptors (Lipinski definition) is 6. The van der Waals surface area contributed by atoms with E-state index in [0.717, 1.165) is 67.0 Å². The Bertz CT molecular complexity index is 995. The number of nitrogens with one attached hydrogen (secondary N) is 2. The van der Waals surface area contributed by atoms with Crippen LogP contribution in [0.1, 0.15) is 80.5 Å². The Hall–Kier alpha value is -1.67. The van der Waals surface area contributed by atoms with Crippen LogP contribution in [0, 0.1) is 11.8 Å². The van der Waals surface area contributed by atoms with Crippen LogP contribution < -0.4 is 10.9 Å². The van der Waals surface area contributed by atoms with Gasteiger partial charge in [0.05, 0.1) is 5.75 Å². The summed E-state index contributed by atoms with van der Waals surface area (Å²) in [6, 6.07) is 0. The smallest absolute Gasteiger partial charge is 0.248 e. The second-order valence-electron chi connectivity index (χ2n) is 9.35. The van der Waals surface area contributed by atoms with E-state index in [-0.39, 0.29) is 23.5 Å². The van der Waals surface area contributed by atoms with Crippen molar-refractivity contribution in [3.63, 3.8) is 0 Å². The molecule has 2 saturated carbocycles. The summed E-state index contributed by atoms with van der Waals surface area (Å²) in [5.41, 5.74) is 6.64. The van der Waals surface area contributed by atoms with Gasteiger partial charge in [-0.05, 0) is 56.4 Å². The van der Waals surface area contributed by atoms with Gasteiger partial charge in [-0.2, -0.15) is 0 Å². The van der Waals surface area contributed by atoms with Crippen molar-refractivity contribution >= 4 is 45.1 Å². The summed E-state index contributed by atoms with van der Waals surface area (Å²) >= 11 is 3.29. The Morgan fingerprint density at radius 1 is 1.06 bits per heavy atom. The van der Waals surface area contributed by atoms with E-state index in [4.69, 9.17) is 9.97 Å². The largest absolute Gasteiger partial charge is 0.273 e. The fourth-order valence-corrected chi connectivity index (χ4v) is 7.04. The van der Waals surface area contributed by atoms with Gasteiger partial charge in [0, 0.05) is 22.1 Å². The highest BCUT2D eigenvalue weighted by Crippen LogP contribution is 2.44. The fraction of sp³-hybridized carbons (Fsp3) is 0.652. The lowest BCUT2D eigenvalue weighted by molar-refractivity contribution is -0.131. The normalized spacial score (nSPS) is 21.6. The first-order chi connectivity index (χ1) is 15.1. The van der Waals surface area contributed by atoms with Crippen molar-refractivity contribution in [3.05, 3.63) is 16.3 Å². The molecule has 3 aliphatic carbocycles. The monoisotopic (exact) mass is 458 g/mol. The van der Waals surface area contributed by atoms with Crippen molar-refractivity contribution < 1.29 is 9.59 Å². The molecule has 0 spiro atoms. The van der Waals surface area contributed by atoms with Crippen molar-refractivity contribution in [1.82, 2.24) is 20.8 Å². The van der Waals surface area contributed by atoms with Gasteiger partial charge in [0.1, 0.15) is 15.7 Å². The molecule has 0 aliphatic heterocycles. The number of thioether (sulfide) groups is 1. The predicted octanol–water partition coefficient (Wildman–Crippen LogP) is 4.51. The first-order valence-corrected chi connectivity index (χ1v) is 13.4. The Labute approximate surface area is 191 Å². The lowest BCUT2D eigenvalue weighted by Gasteiger charge is -2.20. The Morgan fingerprint density at radius 2 is 1.87 bits per heavy atom. The molecule has 166 valence electrons. The summed E-state index contributed by atoms with van der Waals surface area (Å²) in [6.07, 6.45) is 10.9. The second kappa shape index (κ2) is 9.06. The quantitative estimate of drug-likeness (QED) is 0.391. The maximum atomic E-state index is 12.5. The predicted molar refractivity (Wildman–Crippen MR) is 124 cm³/mol. The van der Waals surface area contributed by atoms with E-state index >= 15 is 0 Å². The van der Waals surface area contributed by atoms with Crippen molar-refractivity contribution in [2.45, 2.75) is 82.1 Å². The molecule has 2 aromatic rings. The minimum atomic E-state index is -0.188. The number of carbonyl (C=O) groups excluding carboxylic acids is 2. The van der Waals surface area contributed by atoms with Crippen molar-refractivity contribution in [3.8, 4) is 0 Å². The van der Waals surface area contributed by atoms with Gasteiger partial charge in [-0.3, -0.25) is 20.4 Å². The number of hydrazine groups is 1. The van der Waals surface area contributed by atoms with Gasteiger partial charge in [-0.1, -0.05) is 37.9 Å². The van der Waals surface area contributed by atoms with Crippen LogP contribution in [0.15, 0.2) is 5.03 Å². The molecule has 0 radical (unpaired) electrons. The van der Waals surface area contributed by atoms with E-state index in [1.165, 1.54) is 40.4 Å². The van der Waals surface area contributed by atoms with Gasteiger partial charge in [0.2, 0.25) is 11.8 Å². The number of carbonyl (C=O) groups is 2. The van der Waals surface area contributed by atoms with E-state index in [9.17, 15) is 9.59 Å². The van der Waals surface area contributed by atoms with Crippen LogP contribution >= 0.6 is 23.1 Å². The molecule has 8 heteroatoms. The average Bonchev–Trinajstić information content (AvgIpc) is 3.57. The Balaban J connectivity index is 1.28. The minimum absolute atomic E-state index is 0.0315. The number of rotatable bonds is 5. The van der Waals surface area contributed by atoms with E-state index in [2.05, 4.69) is 17.8 Å². The highest BCUT2D eigenvalue weighted by atomic mass is 32.2. The average molecular weight is 459 g/mol. The molecule has 0 saturated heterocycles. The molecular formula is C23H30N4O2S2. The number of hydrogen-bond donors (Lipinski definition) is 2. The van der Waals surface area contributed by atoms with Crippen molar-refractivity contribution in [1.29, 1.82) is 0 Å². The topological polar surface area (TPSA) is 84.0 Å². The number of amides is 2. The Kier molecular flexibility index (Phi) is 6.19. The lowest BCUT2D eigenvalue weighted by Crippen LogP contribution is -2.45. The molecule has 0 bridgehead atoms. The zero-order valence-corrected chi connectivity index (χ0v) is 19.7. The summed E-state index contributed by atoms with van der Waals surface area (Å²) in [4.78, 5) is 37.1. The fourth-order valence-electron chi connectivity index (χ4n) is 4.72. The molecule has 2 fully saturated rings. The summed E-state index contributed by atoms with van der Waals surface area (Å²) in [5, 5.41) is 2.10. The molecule has 5 rings (SSSR count). The number of fused-ring (bicyclic) bond motifs is 3. The highest BCUT2D eigenvalue weighted by Gasteiger charge is 2.30. The molecule has 2 aromatic heterocycles. The molecule has 1 unspecified atom stereocenters. The van der Waals surface area contributed by atoms with Crippen LogP contribution in [0.3, 0.4) is 0 Å². The molecule has 6 nitrogen and oxygen atoms in total. The third kappa shape index (κ3) is 4.75. The van der Waals surface area contributed by atoms with Crippen LogP contribution in [0.2, 0.25) is 0 Å². The van der Waals surface area contributed by atoms with Crippen LogP contribution in [0.4, 0.5) is 0 Å². The molecular weight excluding hydrogens is 428 g/mol. The number of aryl methyl sites for hydroxylation is 1. The zero-order chi connectivity index (χ0) is 21.4. The maximum absolute atomic E-state index is 12.5. The van der Waals surface area contributed by atoms with Crippen LogP contribution in [0.25, 0.3) is 10.2 Å². The second-order valence-corrected chi connectivity index (χ2v) is 11.4. The van der Waals surface area contributed by atoms with Crippen molar-refractivity contribution in [2.24, 2.45) is 11.8 Å². The van der Waals surface area contributed by atoms with Gasteiger partial charge < -0.3 is 0 Å². The summed E-state index contributed by atoms with van der Waals surface area (Å²) in [7, 11) is 0. The third-order valence-corrected chi connectivity index (χ3v) is 8.85.